The summed E-state index contributed by atoms with van der Waals surface area (Å²) >= 11 is 11.9. The van der Waals surface area contributed by atoms with Crippen molar-refractivity contribution >= 4 is 57.6 Å². The molecule has 1 N–H and O–H groups in total. The van der Waals surface area contributed by atoms with E-state index in [0.29, 0.717) is 25.6 Å². The number of halogens is 1. The van der Waals surface area contributed by atoms with E-state index in [-0.39, 0.29) is 18.2 Å². The molecule has 0 saturated carbocycles. The van der Waals surface area contributed by atoms with Crippen LogP contribution < -0.4 is 10.1 Å². The zero-order chi connectivity index (χ0) is 18.7. The van der Waals surface area contributed by atoms with Crippen LogP contribution >= 0.6 is 35.6 Å². The van der Waals surface area contributed by atoms with E-state index in [2.05, 4.69) is 5.32 Å². The van der Waals surface area contributed by atoms with Crippen LogP contribution in [0.4, 0.5) is 5.69 Å². The van der Waals surface area contributed by atoms with Crippen LogP contribution in [-0.4, -0.2) is 15.2 Å². The lowest BCUT2D eigenvalue weighted by molar-refractivity contribution is -0.384. The average Bonchev–Trinajstić information content (AvgIpc) is 2.92. The van der Waals surface area contributed by atoms with Crippen molar-refractivity contribution in [3.8, 4) is 5.75 Å². The van der Waals surface area contributed by atoms with E-state index in [0.717, 1.165) is 17.3 Å². The second kappa shape index (κ2) is 7.86. The number of hydrogen-bond acceptors (Lipinski definition) is 6. The maximum Gasteiger partial charge on any atom is 0.270 e. The molecular weight excluding hydrogens is 396 g/mol. The number of ether oxygens (including phenoxy) is 1. The van der Waals surface area contributed by atoms with Gasteiger partial charge in [-0.25, -0.2) is 0 Å². The summed E-state index contributed by atoms with van der Waals surface area (Å²) < 4.78 is 6.13. The Labute approximate surface area is 163 Å². The fourth-order valence-electron chi connectivity index (χ4n) is 2.20. The highest BCUT2D eigenvalue weighted by atomic mass is 35.5. The van der Waals surface area contributed by atoms with Gasteiger partial charge in [0.25, 0.3) is 11.6 Å². The highest BCUT2D eigenvalue weighted by Gasteiger charge is 2.23. The summed E-state index contributed by atoms with van der Waals surface area (Å²) in [5, 5.41) is 14.2. The molecule has 132 valence electrons. The molecule has 0 radical (unpaired) electrons. The summed E-state index contributed by atoms with van der Waals surface area (Å²) in [6, 6.07) is 11.4. The molecule has 1 aliphatic heterocycles. The maximum atomic E-state index is 11.9. The van der Waals surface area contributed by atoms with Crippen molar-refractivity contribution in [3.05, 3.63) is 73.6 Å². The van der Waals surface area contributed by atoms with Crippen LogP contribution in [-0.2, 0) is 11.4 Å². The molecule has 0 bridgehead atoms. The Balaban J connectivity index is 1.90. The van der Waals surface area contributed by atoms with Gasteiger partial charge in [-0.3, -0.25) is 14.9 Å². The lowest BCUT2D eigenvalue weighted by atomic mass is 10.1. The second-order valence-corrected chi connectivity index (χ2v) is 7.40. The number of thiocarbonyl (C=S) groups is 1. The lowest BCUT2D eigenvalue weighted by Crippen LogP contribution is -2.17. The minimum atomic E-state index is -0.503. The number of nitro benzene ring substituents is 1. The quantitative estimate of drug-likeness (QED) is 0.345. The lowest BCUT2D eigenvalue weighted by Gasteiger charge is -2.10. The van der Waals surface area contributed by atoms with Crippen LogP contribution in [0.3, 0.4) is 0 Å². The third-order valence-corrected chi connectivity index (χ3v) is 4.86. The van der Waals surface area contributed by atoms with E-state index in [9.17, 15) is 14.9 Å². The number of carbonyl (C=O) groups is 1. The van der Waals surface area contributed by atoms with Gasteiger partial charge < -0.3 is 10.1 Å². The Morgan fingerprint density at radius 1 is 1.27 bits per heavy atom. The first-order valence-corrected chi connectivity index (χ1v) is 8.93. The minimum absolute atomic E-state index is 0.0957. The Bertz CT molecular complexity index is 929. The number of nitro groups is 1. The van der Waals surface area contributed by atoms with E-state index in [1.54, 1.807) is 12.1 Å². The highest BCUT2D eigenvalue weighted by molar-refractivity contribution is 8.26. The molecule has 9 heteroatoms. The van der Waals surface area contributed by atoms with Gasteiger partial charge in [-0.2, -0.15) is 0 Å². The minimum Gasteiger partial charge on any atom is -0.488 e. The summed E-state index contributed by atoms with van der Waals surface area (Å²) in [7, 11) is 0. The van der Waals surface area contributed by atoms with Gasteiger partial charge in [-0.05, 0) is 29.8 Å². The number of amides is 1. The van der Waals surface area contributed by atoms with Crippen molar-refractivity contribution in [1.29, 1.82) is 0 Å². The molecule has 2 aromatic carbocycles. The molecule has 1 heterocycles. The van der Waals surface area contributed by atoms with E-state index >= 15 is 0 Å². The molecule has 0 atom stereocenters. The molecule has 1 aliphatic rings. The number of non-ortho nitro benzene ring substituents is 1. The predicted molar refractivity (Wildman–Crippen MR) is 105 cm³/mol. The molecule has 1 saturated heterocycles. The van der Waals surface area contributed by atoms with E-state index in [4.69, 9.17) is 28.6 Å². The Kier molecular flexibility index (Phi) is 5.55. The van der Waals surface area contributed by atoms with Crippen molar-refractivity contribution in [1.82, 2.24) is 5.32 Å². The number of rotatable bonds is 5. The number of nitrogens with zero attached hydrogens (tertiary/aromatic N) is 1. The van der Waals surface area contributed by atoms with Crippen LogP contribution in [0.15, 0.2) is 47.4 Å². The monoisotopic (exact) mass is 406 g/mol. The van der Waals surface area contributed by atoms with Gasteiger partial charge in [0.2, 0.25) is 0 Å². The van der Waals surface area contributed by atoms with Crippen molar-refractivity contribution in [2.24, 2.45) is 0 Å². The molecule has 0 aliphatic carbocycles. The molecule has 3 rings (SSSR count). The smallest absolute Gasteiger partial charge is 0.270 e. The maximum absolute atomic E-state index is 11.9. The first-order chi connectivity index (χ1) is 12.4. The van der Waals surface area contributed by atoms with Crippen molar-refractivity contribution < 1.29 is 14.5 Å². The Morgan fingerprint density at radius 2 is 2.00 bits per heavy atom. The molecule has 2 aromatic rings. The van der Waals surface area contributed by atoms with E-state index < -0.39 is 4.92 Å². The van der Waals surface area contributed by atoms with Crippen LogP contribution in [0.1, 0.15) is 11.1 Å². The van der Waals surface area contributed by atoms with E-state index in [1.165, 1.54) is 24.3 Å². The molecule has 6 nitrogen and oxygen atoms in total. The first-order valence-electron chi connectivity index (χ1n) is 7.33. The van der Waals surface area contributed by atoms with Gasteiger partial charge in [-0.15, -0.1) is 0 Å². The van der Waals surface area contributed by atoms with Gasteiger partial charge in [0.05, 0.1) is 9.83 Å². The third-order valence-electron chi connectivity index (χ3n) is 3.44. The van der Waals surface area contributed by atoms with Gasteiger partial charge in [0.15, 0.2) is 0 Å². The van der Waals surface area contributed by atoms with Crippen LogP contribution in [0.25, 0.3) is 6.08 Å². The standard InChI is InChI=1S/C17H11ClN2O4S2/c18-12-3-1-10(2-4-12)9-24-14-6-5-13(20(22)23)7-11(14)8-15-16(21)19-17(25)26-15/h1-8H,9H2,(H,19,21,25). The van der Waals surface area contributed by atoms with Gasteiger partial charge in [-0.1, -0.05) is 47.7 Å². The summed E-state index contributed by atoms with van der Waals surface area (Å²) in [6.45, 7) is 0.253. The fourth-order valence-corrected chi connectivity index (χ4v) is 3.36. The SMILES string of the molecule is O=C1NC(=S)SC1=Cc1cc([N+](=O)[O-])ccc1OCc1ccc(Cl)cc1. The zero-order valence-corrected chi connectivity index (χ0v) is 15.5. The number of hydrogen-bond donors (Lipinski definition) is 1. The molecular formula is C17H11ClN2O4S2. The number of benzene rings is 2. The molecule has 1 fully saturated rings. The van der Waals surface area contributed by atoms with Crippen LogP contribution in [0, 0.1) is 10.1 Å². The number of thioether (sulfide) groups is 1. The number of nitrogens with one attached hydrogen (secondary N) is 1. The van der Waals surface area contributed by atoms with E-state index in [1.807, 2.05) is 12.1 Å². The van der Waals surface area contributed by atoms with Gasteiger partial charge in [0, 0.05) is 22.7 Å². The Hall–Kier alpha value is -2.42. The molecule has 0 unspecified atom stereocenters. The summed E-state index contributed by atoms with van der Waals surface area (Å²) in [6.07, 6.45) is 1.53. The fraction of sp³-hybridized carbons (Fsp3) is 0.0588. The van der Waals surface area contributed by atoms with Crippen molar-refractivity contribution in [2.75, 3.05) is 0 Å². The number of carbonyl (C=O) groups excluding carboxylic acids is 1. The second-order valence-electron chi connectivity index (χ2n) is 5.25. The average molecular weight is 407 g/mol. The normalized spacial score (nSPS) is 15.2. The van der Waals surface area contributed by atoms with Crippen molar-refractivity contribution in [3.63, 3.8) is 0 Å². The molecule has 0 spiro atoms. The zero-order valence-electron chi connectivity index (χ0n) is 13.1. The van der Waals surface area contributed by atoms with Crippen LogP contribution in [0.5, 0.6) is 5.75 Å². The first kappa shape index (κ1) is 18.4. The van der Waals surface area contributed by atoms with Crippen molar-refractivity contribution in [2.45, 2.75) is 6.61 Å². The molecule has 0 aromatic heterocycles. The molecule has 1 amide bonds. The predicted octanol–water partition coefficient (Wildman–Crippen LogP) is 4.32. The van der Waals surface area contributed by atoms with Gasteiger partial charge in [0.1, 0.15) is 16.7 Å². The topological polar surface area (TPSA) is 81.5 Å². The summed E-state index contributed by atoms with van der Waals surface area (Å²) in [5.74, 6) is 0.0828. The third kappa shape index (κ3) is 4.40. The highest BCUT2D eigenvalue weighted by Crippen LogP contribution is 2.32. The summed E-state index contributed by atoms with van der Waals surface area (Å²) in [5.41, 5.74) is 1.22. The van der Waals surface area contributed by atoms with Crippen LogP contribution in [0.2, 0.25) is 5.02 Å². The largest absolute Gasteiger partial charge is 0.488 e. The molecule has 26 heavy (non-hydrogen) atoms. The Morgan fingerprint density at radius 3 is 2.62 bits per heavy atom. The van der Waals surface area contributed by atoms with Gasteiger partial charge >= 0.3 is 0 Å². The summed E-state index contributed by atoms with van der Waals surface area (Å²) in [4.78, 5) is 22.8.